The van der Waals surface area contributed by atoms with E-state index in [0.29, 0.717) is 13.1 Å². The van der Waals surface area contributed by atoms with E-state index < -0.39 is 17.3 Å². The van der Waals surface area contributed by atoms with Gasteiger partial charge in [-0.05, 0) is 25.6 Å². The van der Waals surface area contributed by atoms with Gasteiger partial charge in [-0.1, -0.05) is 6.92 Å². The molecule has 0 spiro atoms. The van der Waals surface area contributed by atoms with Crippen molar-refractivity contribution in [3.8, 4) is 0 Å². The number of hydrogen-bond acceptors (Lipinski definition) is 4. The zero-order valence-electron chi connectivity index (χ0n) is 12.2. The number of carbonyl (C=O) groups is 1. The molecular weight excluding hydrogens is 278 g/mol. The van der Waals surface area contributed by atoms with Crippen LogP contribution in [0.15, 0.2) is 12.1 Å². The van der Waals surface area contributed by atoms with Crippen molar-refractivity contribution < 1.29 is 13.6 Å². The highest BCUT2D eigenvalue weighted by molar-refractivity contribution is 5.94. The summed E-state index contributed by atoms with van der Waals surface area (Å²) in [5.74, 6) is 2.94. The summed E-state index contributed by atoms with van der Waals surface area (Å²) in [4.78, 5) is 16.2. The molecule has 1 unspecified atom stereocenters. The van der Waals surface area contributed by atoms with Gasteiger partial charge in [0.05, 0.1) is 0 Å². The van der Waals surface area contributed by atoms with Gasteiger partial charge in [0, 0.05) is 31.2 Å². The van der Waals surface area contributed by atoms with Crippen LogP contribution < -0.4 is 11.3 Å². The topological polar surface area (TPSA) is 61.6 Å². The molecule has 1 aromatic rings. The minimum Gasteiger partial charge on any atom is -0.336 e. The zero-order valence-corrected chi connectivity index (χ0v) is 12.2. The van der Waals surface area contributed by atoms with Crippen LogP contribution in [0.4, 0.5) is 14.5 Å². The van der Waals surface area contributed by atoms with Crippen LogP contribution in [0.1, 0.15) is 23.7 Å². The van der Waals surface area contributed by atoms with Gasteiger partial charge in [-0.2, -0.15) is 0 Å². The SMILES string of the molecule is CCC1CN(C(=O)c2cc(F)c(NN)c(F)c2)CCN1C. The summed E-state index contributed by atoms with van der Waals surface area (Å²) >= 11 is 0. The molecule has 1 aromatic carbocycles. The number of hydrogen-bond donors (Lipinski definition) is 2. The van der Waals surface area contributed by atoms with E-state index in [1.165, 1.54) is 0 Å². The Bertz CT molecular complexity index is 515. The lowest BCUT2D eigenvalue weighted by Gasteiger charge is -2.39. The first kappa shape index (κ1) is 15.7. The number of halogens is 2. The van der Waals surface area contributed by atoms with Crippen molar-refractivity contribution in [2.75, 3.05) is 32.1 Å². The summed E-state index contributed by atoms with van der Waals surface area (Å²) in [5, 5.41) is 0. The molecule has 5 nitrogen and oxygen atoms in total. The van der Waals surface area contributed by atoms with Crippen LogP contribution >= 0.6 is 0 Å². The molecule has 1 heterocycles. The average Bonchev–Trinajstić information content (AvgIpc) is 2.46. The number of nitrogen functional groups attached to an aromatic ring is 1. The highest BCUT2D eigenvalue weighted by atomic mass is 19.1. The third-order valence-corrected chi connectivity index (χ3v) is 3.97. The molecule has 2 rings (SSSR count). The molecule has 1 fully saturated rings. The number of nitrogens with zero attached hydrogens (tertiary/aromatic N) is 2. The highest BCUT2D eigenvalue weighted by Gasteiger charge is 2.27. The minimum absolute atomic E-state index is 0.00315. The first-order valence-corrected chi connectivity index (χ1v) is 6.93. The lowest BCUT2D eigenvalue weighted by Crippen LogP contribution is -2.53. The van der Waals surface area contributed by atoms with Crippen LogP contribution in [0.25, 0.3) is 0 Å². The lowest BCUT2D eigenvalue weighted by molar-refractivity contribution is 0.0541. The van der Waals surface area contributed by atoms with Gasteiger partial charge in [-0.25, -0.2) is 8.78 Å². The Morgan fingerprint density at radius 1 is 1.38 bits per heavy atom. The van der Waals surface area contributed by atoms with Gasteiger partial charge in [0.15, 0.2) is 11.6 Å². The number of nitrogens with two attached hydrogens (primary N) is 1. The number of nitrogens with one attached hydrogen (secondary N) is 1. The normalized spacial score (nSPS) is 19.7. The van der Waals surface area contributed by atoms with Crippen molar-refractivity contribution in [3.05, 3.63) is 29.3 Å². The second-order valence-electron chi connectivity index (χ2n) is 5.25. The molecule has 0 saturated carbocycles. The third kappa shape index (κ3) is 3.14. The Morgan fingerprint density at radius 3 is 2.52 bits per heavy atom. The number of benzene rings is 1. The Kier molecular flexibility index (Phi) is 4.74. The molecular formula is C14H20F2N4O. The summed E-state index contributed by atoms with van der Waals surface area (Å²) in [6, 6.07) is 2.29. The van der Waals surface area contributed by atoms with Crippen molar-refractivity contribution in [1.29, 1.82) is 0 Å². The second-order valence-corrected chi connectivity index (χ2v) is 5.25. The van der Waals surface area contributed by atoms with Crippen LogP contribution in [0, 0.1) is 11.6 Å². The van der Waals surface area contributed by atoms with Crippen LogP contribution in [-0.4, -0.2) is 48.4 Å². The average molecular weight is 298 g/mol. The monoisotopic (exact) mass is 298 g/mol. The quantitative estimate of drug-likeness (QED) is 0.654. The molecule has 0 aromatic heterocycles. The number of amides is 1. The first-order valence-electron chi connectivity index (χ1n) is 6.93. The molecule has 1 aliphatic heterocycles. The molecule has 3 N–H and O–H groups in total. The molecule has 0 radical (unpaired) electrons. The van der Waals surface area contributed by atoms with Crippen molar-refractivity contribution >= 4 is 11.6 Å². The number of likely N-dealkylation sites (N-methyl/N-ethyl adjacent to an activating group) is 1. The molecule has 1 saturated heterocycles. The van der Waals surface area contributed by atoms with Gasteiger partial charge < -0.3 is 10.3 Å². The molecule has 7 heteroatoms. The van der Waals surface area contributed by atoms with E-state index in [1.54, 1.807) is 4.90 Å². The van der Waals surface area contributed by atoms with Crippen LogP contribution in [0.3, 0.4) is 0 Å². The van der Waals surface area contributed by atoms with E-state index in [-0.39, 0.29) is 17.5 Å². The van der Waals surface area contributed by atoms with Gasteiger partial charge >= 0.3 is 0 Å². The van der Waals surface area contributed by atoms with E-state index in [1.807, 2.05) is 12.5 Å². The Hall–Kier alpha value is -1.73. The summed E-state index contributed by atoms with van der Waals surface area (Å²) in [7, 11) is 2.01. The maximum atomic E-state index is 13.7. The molecule has 1 aliphatic rings. The van der Waals surface area contributed by atoms with Gasteiger partial charge in [-0.15, -0.1) is 0 Å². The fourth-order valence-electron chi connectivity index (χ4n) is 2.59. The standard InChI is InChI=1S/C14H20F2N4O/c1-3-10-8-20(5-4-19(10)2)14(21)9-6-11(15)13(18-17)12(16)7-9/h6-7,10,18H,3-5,8,17H2,1-2H3. The fourth-order valence-corrected chi connectivity index (χ4v) is 2.59. The summed E-state index contributed by atoms with van der Waals surface area (Å²) in [6.45, 7) is 3.91. The largest absolute Gasteiger partial charge is 0.336 e. The highest BCUT2D eigenvalue weighted by Crippen LogP contribution is 2.21. The van der Waals surface area contributed by atoms with Crippen LogP contribution in [0.2, 0.25) is 0 Å². The van der Waals surface area contributed by atoms with Crippen molar-refractivity contribution in [3.63, 3.8) is 0 Å². The van der Waals surface area contributed by atoms with E-state index in [2.05, 4.69) is 11.8 Å². The minimum atomic E-state index is -0.873. The van der Waals surface area contributed by atoms with Crippen LogP contribution in [0.5, 0.6) is 0 Å². The molecule has 0 aliphatic carbocycles. The van der Waals surface area contributed by atoms with Crippen molar-refractivity contribution in [2.24, 2.45) is 5.84 Å². The molecule has 1 amide bonds. The number of anilines is 1. The van der Waals surface area contributed by atoms with E-state index >= 15 is 0 Å². The Labute approximate surface area is 122 Å². The molecule has 21 heavy (non-hydrogen) atoms. The van der Waals surface area contributed by atoms with E-state index in [4.69, 9.17) is 5.84 Å². The number of piperazine rings is 1. The summed E-state index contributed by atoms with van der Waals surface area (Å²) in [6.07, 6.45) is 0.916. The second kappa shape index (κ2) is 6.36. The predicted molar refractivity (Wildman–Crippen MR) is 76.8 cm³/mol. The zero-order chi connectivity index (χ0) is 15.6. The van der Waals surface area contributed by atoms with Gasteiger partial charge in [-0.3, -0.25) is 15.5 Å². The smallest absolute Gasteiger partial charge is 0.254 e. The maximum absolute atomic E-state index is 13.7. The predicted octanol–water partition coefficient (Wildman–Crippen LogP) is 1.42. The van der Waals surface area contributed by atoms with Gasteiger partial charge in [0.2, 0.25) is 0 Å². The maximum Gasteiger partial charge on any atom is 0.254 e. The number of hydrazine groups is 1. The molecule has 116 valence electrons. The van der Waals surface area contributed by atoms with Gasteiger partial charge in [0.1, 0.15) is 5.69 Å². The third-order valence-electron chi connectivity index (χ3n) is 3.97. The summed E-state index contributed by atoms with van der Waals surface area (Å²) < 4.78 is 27.4. The first-order chi connectivity index (χ1) is 9.97. The Balaban J connectivity index is 2.20. The van der Waals surface area contributed by atoms with Crippen molar-refractivity contribution in [1.82, 2.24) is 9.80 Å². The lowest BCUT2D eigenvalue weighted by atomic mass is 10.1. The number of rotatable bonds is 3. The van der Waals surface area contributed by atoms with Gasteiger partial charge in [0.25, 0.3) is 5.91 Å². The van der Waals surface area contributed by atoms with E-state index in [0.717, 1.165) is 25.1 Å². The fraction of sp³-hybridized carbons (Fsp3) is 0.500. The Morgan fingerprint density at radius 2 is 2.00 bits per heavy atom. The van der Waals surface area contributed by atoms with E-state index in [9.17, 15) is 13.6 Å². The summed E-state index contributed by atoms with van der Waals surface area (Å²) in [5.41, 5.74) is 1.52. The number of carbonyl (C=O) groups excluding carboxylic acids is 1. The van der Waals surface area contributed by atoms with Crippen molar-refractivity contribution in [2.45, 2.75) is 19.4 Å². The molecule has 0 bridgehead atoms. The molecule has 1 atom stereocenters. The van der Waals surface area contributed by atoms with Crippen LogP contribution in [-0.2, 0) is 0 Å².